The number of nitrogens with zero attached hydrogens (tertiary/aromatic N) is 5. The quantitative estimate of drug-likeness (QED) is 0.485. The molecule has 0 N–H and O–H groups in total. The first-order valence-electron chi connectivity index (χ1n) is 10.4. The zero-order chi connectivity index (χ0) is 24.0. The number of amides is 1. The highest BCUT2D eigenvalue weighted by molar-refractivity contribution is 6.09. The third kappa shape index (κ3) is 5.63. The van der Waals surface area contributed by atoms with Gasteiger partial charge in [0, 0.05) is 31.2 Å². The van der Waals surface area contributed by atoms with E-state index in [1.165, 1.54) is 12.3 Å². The van der Waals surface area contributed by atoms with Crippen LogP contribution in [0.4, 0.5) is 13.2 Å². The molecule has 0 spiro atoms. The van der Waals surface area contributed by atoms with Crippen LogP contribution < -0.4 is 4.74 Å². The molecule has 0 unspecified atom stereocenters. The Morgan fingerprint density at radius 1 is 1.30 bits per heavy atom. The lowest BCUT2D eigenvalue weighted by atomic mass is 9.99. The Bertz CT molecular complexity index is 1050. The third-order valence-electron chi connectivity index (χ3n) is 5.26. The zero-order valence-corrected chi connectivity index (χ0v) is 18.3. The number of hydrogen-bond acceptors (Lipinski definition) is 5. The van der Waals surface area contributed by atoms with Crippen molar-refractivity contribution in [3.63, 3.8) is 0 Å². The second-order valence-electron chi connectivity index (χ2n) is 7.41. The smallest absolute Gasteiger partial charge is 0.417 e. The minimum Gasteiger partial charge on any atom is -0.472 e. The lowest BCUT2D eigenvalue weighted by Crippen LogP contribution is -2.51. The Morgan fingerprint density at radius 3 is 2.73 bits per heavy atom. The highest BCUT2D eigenvalue weighted by Crippen LogP contribution is 2.30. The van der Waals surface area contributed by atoms with Crippen LogP contribution in [0.15, 0.2) is 58.9 Å². The molecule has 1 fully saturated rings. The topological polar surface area (TPSA) is 80.0 Å². The molecule has 0 saturated carbocycles. The summed E-state index contributed by atoms with van der Waals surface area (Å²) in [7, 11) is 0. The Morgan fingerprint density at radius 2 is 2.09 bits per heavy atom. The van der Waals surface area contributed by atoms with Crippen LogP contribution in [-0.4, -0.2) is 52.0 Å². The molecule has 1 amide bonds. The van der Waals surface area contributed by atoms with Crippen molar-refractivity contribution in [2.24, 2.45) is 9.98 Å². The molecule has 3 heterocycles. The van der Waals surface area contributed by atoms with Gasteiger partial charge in [0.15, 0.2) is 5.84 Å². The van der Waals surface area contributed by atoms with Gasteiger partial charge in [-0.2, -0.15) is 13.2 Å². The van der Waals surface area contributed by atoms with Crippen molar-refractivity contribution < 1.29 is 22.7 Å². The van der Waals surface area contributed by atoms with Gasteiger partial charge in [-0.25, -0.2) is 15.0 Å². The number of hydrogen-bond donors (Lipinski definition) is 0. The second-order valence-corrected chi connectivity index (χ2v) is 7.41. The second kappa shape index (κ2) is 10.4. The summed E-state index contributed by atoms with van der Waals surface area (Å²) in [5, 5.41) is 0. The van der Waals surface area contributed by atoms with Crippen molar-refractivity contribution in [3.8, 4) is 5.88 Å². The molecule has 33 heavy (non-hydrogen) atoms. The van der Waals surface area contributed by atoms with E-state index in [0.29, 0.717) is 24.9 Å². The fourth-order valence-corrected chi connectivity index (χ4v) is 3.56. The molecule has 1 saturated heterocycles. The maximum Gasteiger partial charge on any atom is 0.417 e. The zero-order valence-electron chi connectivity index (χ0n) is 18.3. The number of pyridine rings is 2. The summed E-state index contributed by atoms with van der Waals surface area (Å²) in [6.45, 7) is 7.65. The summed E-state index contributed by atoms with van der Waals surface area (Å²) >= 11 is 0. The van der Waals surface area contributed by atoms with Crippen LogP contribution in [0.5, 0.6) is 5.88 Å². The minimum atomic E-state index is -4.47. The Labute approximate surface area is 189 Å². The highest BCUT2D eigenvalue weighted by Gasteiger charge is 2.35. The average molecular weight is 459 g/mol. The van der Waals surface area contributed by atoms with Gasteiger partial charge in [-0.1, -0.05) is 6.08 Å². The van der Waals surface area contributed by atoms with E-state index in [1.54, 1.807) is 36.2 Å². The fraction of sp³-hybridized carbons (Fsp3) is 0.348. The molecular weight excluding hydrogens is 435 g/mol. The van der Waals surface area contributed by atoms with Gasteiger partial charge in [-0.15, -0.1) is 0 Å². The number of aliphatic imine (C=N–C) groups is 2. The van der Waals surface area contributed by atoms with Crippen molar-refractivity contribution in [3.05, 3.63) is 65.8 Å². The number of halogens is 3. The molecule has 0 aromatic carbocycles. The predicted octanol–water partition coefficient (Wildman–Crippen LogP) is 4.55. The van der Waals surface area contributed by atoms with Gasteiger partial charge in [0.05, 0.1) is 17.2 Å². The van der Waals surface area contributed by atoms with Crippen molar-refractivity contribution in [2.75, 3.05) is 6.54 Å². The lowest BCUT2D eigenvalue weighted by molar-refractivity contribution is -0.137. The van der Waals surface area contributed by atoms with Gasteiger partial charge in [0.1, 0.15) is 11.8 Å². The van der Waals surface area contributed by atoms with E-state index in [9.17, 15) is 18.0 Å². The first kappa shape index (κ1) is 24.1. The summed E-state index contributed by atoms with van der Waals surface area (Å²) in [6, 6.07) is 5.13. The maximum absolute atomic E-state index is 13.4. The summed E-state index contributed by atoms with van der Waals surface area (Å²) in [5.41, 5.74) is -0.208. The lowest BCUT2D eigenvalue weighted by Gasteiger charge is -2.39. The molecule has 0 bridgehead atoms. The SMILES string of the molecule is C=N/C(=N\C=C/C)c1cccnc1C(=O)N1CCC[C@@H](Oc2ccc(C(F)(F)F)cn2)[C@@H]1C. The van der Waals surface area contributed by atoms with Crippen molar-refractivity contribution in [1.82, 2.24) is 14.9 Å². The third-order valence-corrected chi connectivity index (χ3v) is 5.26. The highest BCUT2D eigenvalue weighted by atomic mass is 19.4. The maximum atomic E-state index is 13.4. The molecule has 10 heteroatoms. The number of carbonyl (C=O) groups excluding carboxylic acids is 1. The summed E-state index contributed by atoms with van der Waals surface area (Å²) < 4.78 is 44.2. The van der Waals surface area contributed by atoms with Gasteiger partial charge in [-0.05, 0) is 51.6 Å². The van der Waals surface area contributed by atoms with Gasteiger partial charge in [0.2, 0.25) is 5.88 Å². The van der Waals surface area contributed by atoms with E-state index < -0.39 is 17.8 Å². The molecule has 0 aliphatic carbocycles. The van der Waals surface area contributed by atoms with Crippen LogP contribution in [0.25, 0.3) is 0 Å². The number of allylic oxidation sites excluding steroid dienone is 1. The number of carbonyl (C=O) groups is 1. The Kier molecular flexibility index (Phi) is 7.57. The van der Waals surface area contributed by atoms with Gasteiger partial charge in [0.25, 0.3) is 5.91 Å². The standard InChI is InChI=1S/C23H24F3N5O2/c1-4-11-29-21(27-3)17-7-5-12-28-20(17)22(32)31-13-6-8-18(15(31)2)33-19-10-9-16(14-30-19)23(24,25)26/h4-5,7,9-12,14-15,18H,3,6,8,13H2,1-2H3/b11-4-,29-21-/t15-,18+/m0/s1. The van der Waals surface area contributed by atoms with E-state index in [4.69, 9.17) is 4.74 Å². The molecule has 2 atom stereocenters. The van der Waals surface area contributed by atoms with E-state index in [-0.39, 0.29) is 29.4 Å². The number of rotatable bonds is 5. The molecule has 2 aromatic heterocycles. The van der Waals surface area contributed by atoms with Crippen LogP contribution in [0, 0.1) is 0 Å². The summed E-state index contributed by atoms with van der Waals surface area (Å²) in [6.07, 6.45) is 1.91. The summed E-state index contributed by atoms with van der Waals surface area (Å²) in [4.78, 5) is 31.2. The molecule has 1 aliphatic rings. The van der Waals surface area contributed by atoms with Gasteiger partial charge < -0.3 is 9.64 Å². The van der Waals surface area contributed by atoms with Crippen LogP contribution >= 0.6 is 0 Å². The molecule has 2 aromatic rings. The van der Waals surface area contributed by atoms with Crippen molar-refractivity contribution >= 4 is 18.5 Å². The van der Waals surface area contributed by atoms with Crippen LogP contribution in [-0.2, 0) is 6.18 Å². The molecule has 3 rings (SSSR count). The first-order chi connectivity index (χ1) is 15.8. The Hall–Kier alpha value is -3.56. The van der Waals surface area contributed by atoms with Crippen LogP contribution in [0.3, 0.4) is 0 Å². The van der Waals surface area contributed by atoms with Crippen molar-refractivity contribution in [2.45, 2.75) is 45.0 Å². The Balaban J connectivity index is 1.81. The molecule has 174 valence electrons. The molecule has 7 nitrogen and oxygen atoms in total. The number of aromatic nitrogens is 2. The largest absolute Gasteiger partial charge is 0.472 e. The van der Waals surface area contributed by atoms with Gasteiger partial charge in [-0.3, -0.25) is 9.78 Å². The van der Waals surface area contributed by atoms with Crippen molar-refractivity contribution in [1.29, 1.82) is 0 Å². The van der Waals surface area contributed by atoms with E-state index >= 15 is 0 Å². The number of likely N-dealkylation sites (tertiary alicyclic amines) is 1. The monoisotopic (exact) mass is 459 g/mol. The fourth-order valence-electron chi connectivity index (χ4n) is 3.56. The number of amidine groups is 1. The molecular formula is C23H24F3N5O2. The average Bonchev–Trinajstić information content (AvgIpc) is 2.80. The molecule has 0 radical (unpaired) electrons. The first-order valence-corrected chi connectivity index (χ1v) is 10.4. The summed E-state index contributed by atoms with van der Waals surface area (Å²) in [5.74, 6) is 0.0314. The van der Waals surface area contributed by atoms with Crippen LogP contribution in [0.1, 0.15) is 48.3 Å². The van der Waals surface area contributed by atoms with Gasteiger partial charge >= 0.3 is 6.18 Å². The van der Waals surface area contributed by atoms with Crippen LogP contribution in [0.2, 0.25) is 0 Å². The van der Waals surface area contributed by atoms with E-state index in [1.807, 2.05) is 6.92 Å². The predicted molar refractivity (Wildman–Crippen MR) is 119 cm³/mol. The number of alkyl halides is 3. The minimum absolute atomic E-state index is 0.0734. The normalized spacial score (nSPS) is 19.5. The van der Waals surface area contributed by atoms with E-state index in [2.05, 4.69) is 26.7 Å². The van der Waals surface area contributed by atoms with E-state index in [0.717, 1.165) is 12.3 Å². The molecule has 1 aliphatic heterocycles. The number of piperidine rings is 1. The number of ether oxygens (including phenoxy) is 1.